The van der Waals surface area contributed by atoms with Crippen molar-refractivity contribution < 1.29 is 42.9 Å². The van der Waals surface area contributed by atoms with Crippen LogP contribution in [0.3, 0.4) is 0 Å². The van der Waals surface area contributed by atoms with E-state index in [0.717, 1.165) is 173 Å². The summed E-state index contributed by atoms with van der Waals surface area (Å²) >= 11 is 0. The molecule has 0 aliphatic rings. The quantitative estimate of drug-likeness (QED) is 0.0211. The Labute approximate surface area is 607 Å². The average Bonchev–Trinajstić information content (AvgIpc) is 2.62. The highest BCUT2D eigenvalue weighted by atomic mass is 16.7. The summed E-state index contributed by atoms with van der Waals surface area (Å²) in [4.78, 5) is 37.7. The number of carboxylic acids is 1. The number of ether oxygens (including phenoxy) is 4. The fraction of sp³-hybridized carbons (Fsp3) is 0.567. The Balaban J connectivity index is 4.18. The number of hydrogen-bond donors (Lipinski definition) is 1. The monoisotopic (exact) mass is 1370 g/mol. The molecular weight excluding hydrogens is 1220 g/mol. The van der Waals surface area contributed by atoms with Gasteiger partial charge in [0.2, 0.25) is 0 Å². The van der Waals surface area contributed by atoms with Crippen LogP contribution in [0.5, 0.6) is 0 Å². The van der Waals surface area contributed by atoms with Gasteiger partial charge >= 0.3 is 17.9 Å². The first-order valence-corrected chi connectivity index (χ1v) is 38.9. The smallest absolute Gasteiger partial charge is 0.361 e. The SMILES string of the molecule is CC/C=C\C/C=C\C/C=C\C/C=C\C/C=C\C/C=C\C/C=C\C/C=C\C/C=C\C/C=C\CCCCCCCCCCCCC(=O)OC(COC(=O)CCCCCCCCCC/C=C\C/C=C\C/C=C\C/C=C\C/C=C\C/C=C\C/C=C\C/C=C\CC)COC(OCC[N+](C)(C)C)C(=O)O. The summed E-state index contributed by atoms with van der Waals surface area (Å²) in [5, 5.41) is 9.77. The number of unbranched alkanes of at least 4 members (excludes halogenated alkanes) is 18. The van der Waals surface area contributed by atoms with Gasteiger partial charge in [-0.3, -0.25) is 9.59 Å². The number of quaternary nitrogens is 1. The van der Waals surface area contributed by atoms with Crippen LogP contribution in [0.2, 0.25) is 0 Å². The third kappa shape index (κ3) is 78.8. The Morgan fingerprint density at radius 2 is 0.545 bits per heavy atom. The lowest BCUT2D eigenvalue weighted by Gasteiger charge is -2.25. The lowest BCUT2D eigenvalue weighted by Crippen LogP contribution is -2.40. The zero-order chi connectivity index (χ0) is 71.8. The predicted octanol–water partition coefficient (Wildman–Crippen LogP) is 25.2. The molecule has 0 saturated heterocycles. The molecule has 0 fully saturated rings. The Morgan fingerprint density at radius 1 is 0.303 bits per heavy atom. The van der Waals surface area contributed by atoms with Gasteiger partial charge in [0, 0.05) is 12.8 Å². The molecule has 0 aromatic rings. The molecule has 0 heterocycles. The van der Waals surface area contributed by atoms with Gasteiger partial charge in [-0.15, -0.1) is 0 Å². The topological polar surface area (TPSA) is 108 Å². The third-order valence-corrected chi connectivity index (χ3v) is 15.7. The zero-order valence-electron chi connectivity index (χ0n) is 63.3. The molecule has 2 unspecified atom stereocenters. The number of esters is 2. The Morgan fingerprint density at radius 3 is 0.808 bits per heavy atom. The second-order valence-corrected chi connectivity index (χ2v) is 26.2. The summed E-state index contributed by atoms with van der Waals surface area (Å²) in [6, 6.07) is 0. The summed E-state index contributed by atoms with van der Waals surface area (Å²) in [5.74, 6) is -2.04. The average molecular weight is 1370 g/mol. The fourth-order valence-electron chi connectivity index (χ4n) is 9.88. The van der Waals surface area contributed by atoms with Crippen molar-refractivity contribution in [2.45, 2.75) is 283 Å². The van der Waals surface area contributed by atoms with Gasteiger partial charge in [0.1, 0.15) is 13.2 Å². The van der Waals surface area contributed by atoms with Crippen molar-refractivity contribution in [2.75, 3.05) is 47.5 Å². The highest BCUT2D eigenvalue weighted by molar-refractivity contribution is 5.71. The standard InChI is InChI=1S/C90H141NO8/c1-6-8-10-12-14-16-18-20-22-24-26-28-30-32-34-36-38-40-41-42-43-44-45-46-47-49-51-53-55-57-59-61-63-65-67-69-71-73-75-77-79-81-88(93)99-86(85-98-90(89(94)95)96-83-82-91(3,4)5)84-97-87(92)80-78-76-74-72-70-68-66-64-62-60-58-56-54-52-50-48-39-37-35-33-31-29-27-25-23-21-19-17-15-13-11-9-7-2/h8-11,14-17,20-23,26-29,32-35,38-40,42-43,45-46,48-49,51-52,54-55,57-58,60,86,90H,6-7,12-13,18-19,24-25,30-31,36-37,41,44,47,50,53,56,59,61-85H2,1-5H3/p+1/b10-8-,11-9-,16-14-,17-15-,22-20-,23-21-,28-26-,29-27-,34-32-,35-33-,40-38-,43-42-,46-45-,48-39-,51-49-,54-52-,57-55-,60-58-. The lowest BCUT2D eigenvalue weighted by atomic mass is 10.0. The highest BCUT2D eigenvalue weighted by Crippen LogP contribution is 2.16. The van der Waals surface area contributed by atoms with E-state index in [9.17, 15) is 19.5 Å². The number of carboxylic acid groups (broad SMARTS) is 1. The van der Waals surface area contributed by atoms with Crippen molar-refractivity contribution in [1.82, 2.24) is 0 Å². The van der Waals surface area contributed by atoms with Gasteiger partial charge < -0.3 is 28.5 Å². The molecule has 2 atom stereocenters. The maximum atomic E-state index is 13.0. The summed E-state index contributed by atoms with van der Waals surface area (Å²) in [6.07, 6.45) is 119. The first kappa shape index (κ1) is 92.6. The Hall–Kier alpha value is -6.39. The number of nitrogens with zero attached hydrogens (tertiary/aromatic N) is 1. The van der Waals surface area contributed by atoms with Crippen LogP contribution in [0.25, 0.3) is 0 Å². The molecule has 0 bridgehead atoms. The minimum Gasteiger partial charge on any atom is -0.477 e. The van der Waals surface area contributed by atoms with E-state index in [1.807, 2.05) is 21.1 Å². The Kier molecular flexibility index (Phi) is 72.4. The van der Waals surface area contributed by atoms with Crippen molar-refractivity contribution in [1.29, 1.82) is 0 Å². The van der Waals surface area contributed by atoms with Gasteiger partial charge in [-0.1, -0.05) is 322 Å². The van der Waals surface area contributed by atoms with Crippen molar-refractivity contribution in [3.63, 3.8) is 0 Å². The Bertz CT molecular complexity index is 2440. The molecule has 0 radical (unpaired) electrons. The molecule has 0 spiro atoms. The van der Waals surface area contributed by atoms with Crippen LogP contribution in [0, 0.1) is 0 Å². The van der Waals surface area contributed by atoms with Crippen LogP contribution >= 0.6 is 0 Å². The second-order valence-electron chi connectivity index (χ2n) is 26.2. The lowest BCUT2D eigenvalue weighted by molar-refractivity contribution is -0.870. The maximum absolute atomic E-state index is 13.0. The number of carbonyl (C=O) groups excluding carboxylic acids is 2. The third-order valence-electron chi connectivity index (χ3n) is 15.7. The van der Waals surface area contributed by atoms with Crippen LogP contribution in [-0.2, 0) is 33.3 Å². The molecular formula is C90H142NO8+. The number of aliphatic carboxylic acids is 1. The van der Waals surface area contributed by atoms with E-state index in [2.05, 4.69) is 233 Å². The first-order chi connectivity index (χ1) is 48.6. The molecule has 0 saturated carbocycles. The minimum atomic E-state index is -1.53. The maximum Gasteiger partial charge on any atom is 0.361 e. The van der Waals surface area contributed by atoms with Gasteiger partial charge in [0.15, 0.2) is 6.10 Å². The van der Waals surface area contributed by atoms with Crippen LogP contribution in [-0.4, -0.2) is 87.4 Å². The van der Waals surface area contributed by atoms with E-state index < -0.39 is 24.3 Å². The van der Waals surface area contributed by atoms with Crippen molar-refractivity contribution >= 4 is 17.9 Å². The molecule has 0 aromatic heterocycles. The molecule has 0 aliphatic heterocycles. The molecule has 0 amide bonds. The van der Waals surface area contributed by atoms with Gasteiger partial charge in [-0.2, -0.15) is 0 Å². The van der Waals surface area contributed by atoms with Crippen molar-refractivity contribution in [3.05, 3.63) is 219 Å². The van der Waals surface area contributed by atoms with Gasteiger partial charge in [0.05, 0.1) is 34.4 Å². The van der Waals surface area contributed by atoms with Crippen LogP contribution in [0.4, 0.5) is 0 Å². The van der Waals surface area contributed by atoms with E-state index in [4.69, 9.17) is 18.9 Å². The summed E-state index contributed by atoms with van der Waals surface area (Å²) in [7, 11) is 5.96. The molecule has 99 heavy (non-hydrogen) atoms. The highest BCUT2D eigenvalue weighted by Gasteiger charge is 2.25. The molecule has 9 nitrogen and oxygen atoms in total. The van der Waals surface area contributed by atoms with E-state index in [1.54, 1.807) is 0 Å². The largest absolute Gasteiger partial charge is 0.477 e. The van der Waals surface area contributed by atoms with Crippen molar-refractivity contribution in [2.24, 2.45) is 0 Å². The predicted molar refractivity (Wildman–Crippen MR) is 428 cm³/mol. The second kappa shape index (κ2) is 77.3. The van der Waals surface area contributed by atoms with Gasteiger partial charge in [0.25, 0.3) is 6.29 Å². The summed E-state index contributed by atoms with van der Waals surface area (Å²) in [6.45, 7) is 4.61. The van der Waals surface area contributed by atoms with E-state index in [1.165, 1.54) is 64.2 Å². The summed E-state index contributed by atoms with van der Waals surface area (Å²) < 4.78 is 23.0. The van der Waals surface area contributed by atoms with Gasteiger partial charge in [-0.25, -0.2) is 4.79 Å². The summed E-state index contributed by atoms with van der Waals surface area (Å²) in [5.41, 5.74) is 0. The molecule has 0 rings (SSSR count). The van der Waals surface area contributed by atoms with E-state index in [0.29, 0.717) is 17.4 Å². The normalized spacial score (nSPS) is 13.9. The van der Waals surface area contributed by atoms with Crippen LogP contribution in [0.15, 0.2) is 219 Å². The fourth-order valence-corrected chi connectivity index (χ4v) is 9.88. The van der Waals surface area contributed by atoms with E-state index in [-0.39, 0.29) is 38.6 Å². The number of rotatable bonds is 69. The zero-order valence-corrected chi connectivity index (χ0v) is 63.3. The van der Waals surface area contributed by atoms with Crippen LogP contribution < -0.4 is 0 Å². The minimum absolute atomic E-state index is 0.174. The first-order valence-electron chi connectivity index (χ1n) is 38.9. The number of carbonyl (C=O) groups is 3. The number of hydrogen-bond acceptors (Lipinski definition) is 7. The van der Waals surface area contributed by atoms with Crippen LogP contribution in [0.1, 0.15) is 271 Å². The molecule has 9 heteroatoms. The number of allylic oxidation sites excluding steroid dienone is 36. The number of likely N-dealkylation sites (N-methyl/N-ethyl adjacent to an activating group) is 1. The van der Waals surface area contributed by atoms with E-state index >= 15 is 0 Å². The van der Waals surface area contributed by atoms with Gasteiger partial charge in [-0.05, 0) is 154 Å². The molecule has 0 aromatic carbocycles. The molecule has 554 valence electrons. The molecule has 0 aliphatic carbocycles. The molecule has 1 N–H and O–H groups in total. The van der Waals surface area contributed by atoms with Crippen molar-refractivity contribution in [3.8, 4) is 0 Å².